The maximum Gasteiger partial charge on any atom is 0.0704 e. The second-order valence-corrected chi connectivity index (χ2v) is 15.5. The first kappa shape index (κ1) is 28.2. The van der Waals surface area contributed by atoms with Crippen molar-refractivity contribution in [3.63, 3.8) is 0 Å². The quantitative estimate of drug-likeness (QED) is 0.150. The van der Waals surface area contributed by atoms with E-state index in [0.717, 1.165) is 22.3 Å². The highest BCUT2D eigenvalue weighted by Gasteiger charge is 2.48. The van der Waals surface area contributed by atoms with Crippen LogP contribution in [0.4, 0.5) is 0 Å². The third-order valence-electron chi connectivity index (χ3n) is 12.8. The zero-order chi connectivity index (χ0) is 42.6. The fraction of sp³-hybridized carbons (Fsp3) is 0.0526. The summed E-state index contributed by atoms with van der Waals surface area (Å²) in [6.45, 7) is 0. The maximum atomic E-state index is 9.02. The van der Waals surface area contributed by atoms with E-state index in [2.05, 4.69) is 187 Å². The lowest BCUT2D eigenvalue weighted by Crippen LogP contribution is -2.36. The molecule has 272 valence electrons. The van der Waals surface area contributed by atoms with Crippen molar-refractivity contribution in [3.05, 3.63) is 280 Å². The van der Waals surface area contributed by atoms with Crippen molar-refractivity contribution < 1.29 is 6.85 Å². The van der Waals surface area contributed by atoms with Crippen molar-refractivity contribution in [2.75, 3.05) is 0 Å². The molecule has 0 amide bonds. The van der Waals surface area contributed by atoms with Crippen molar-refractivity contribution in [1.82, 2.24) is 4.57 Å². The van der Waals surface area contributed by atoms with Gasteiger partial charge >= 0.3 is 0 Å². The summed E-state index contributed by atoms with van der Waals surface area (Å²) in [6.07, 6.45) is 0. The molecule has 3 aliphatic carbocycles. The van der Waals surface area contributed by atoms with Crippen LogP contribution in [0.2, 0.25) is 0 Å². The van der Waals surface area contributed by atoms with Gasteiger partial charge in [-0.15, -0.1) is 0 Å². The van der Waals surface area contributed by atoms with Gasteiger partial charge < -0.3 is 4.57 Å². The molecule has 0 saturated carbocycles. The van der Waals surface area contributed by atoms with Crippen LogP contribution in [0, 0.1) is 0 Å². The Morgan fingerprint density at radius 1 is 0.397 bits per heavy atom. The van der Waals surface area contributed by atoms with E-state index >= 15 is 0 Å². The Labute approximate surface area is 346 Å². The standard InChI is InChI=1S/C57H39N/c1-4-19-38(20-5-1)39-21-16-26-42(37-39)57(40-22-6-2-7-23-40,41-24-8-3-9-25-41)49-33-17-31-47-53-45-29-10-11-30-46(45)56(54(47)49)55-48(53)32-18-36-52(55)58-50-34-14-12-27-43(50)44-28-13-15-35-51(44)58/h1-37,53,56H/i1D,4D,5D,19D,20D. The Hall–Kier alpha value is -7.22. The van der Waals surface area contributed by atoms with Gasteiger partial charge in [0.05, 0.1) is 29.0 Å². The second-order valence-electron chi connectivity index (χ2n) is 15.5. The molecule has 1 nitrogen and oxygen atoms in total. The van der Waals surface area contributed by atoms with E-state index in [1.807, 2.05) is 12.1 Å². The molecule has 3 aliphatic rings. The Morgan fingerprint density at radius 2 is 0.914 bits per heavy atom. The van der Waals surface area contributed by atoms with Gasteiger partial charge in [0.2, 0.25) is 0 Å². The summed E-state index contributed by atoms with van der Waals surface area (Å²) >= 11 is 0. The molecule has 1 aromatic heterocycles. The predicted molar refractivity (Wildman–Crippen MR) is 239 cm³/mol. The minimum Gasteiger partial charge on any atom is -0.309 e. The Bertz CT molecular complexity index is 3360. The largest absolute Gasteiger partial charge is 0.309 e. The zero-order valence-corrected chi connectivity index (χ0v) is 31.6. The molecule has 2 atom stereocenters. The monoisotopic (exact) mass is 742 g/mol. The molecule has 0 radical (unpaired) electrons. The normalized spacial score (nSPS) is 16.4. The molecule has 2 bridgehead atoms. The van der Waals surface area contributed by atoms with Gasteiger partial charge in [0.15, 0.2) is 0 Å². The highest BCUT2D eigenvalue weighted by molar-refractivity contribution is 6.09. The minimum absolute atomic E-state index is 0.0224. The number of rotatable bonds is 6. The number of para-hydroxylation sites is 2. The van der Waals surface area contributed by atoms with Gasteiger partial charge in [-0.2, -0.15) is 0 Å². The van der Waals surface area contributed by atoms with Gasteiger partial charge in [0.1, 0.15) is 0 Å². The van der Waals surface area contributed by atoms with Crippen molar-refractivity contribution in [3.8, 4) is 16.8 Å². The van der Waals surface area contributed by atoms with Gasteiger partial charge in [0.25, 0.3) is 0 Å². The van der Waals surface area contributed by atoms with E-state index in [4.69, 9.17) is 6.85 Å². The number of hydrogen-bond acceptors (Lipinski definition) is 0. The molecule has 1 heteroatoms. The van der Waals surface area contributed by atoms with Crippen LogP contribution in [0.25, 0.3) is 38.6 Å². The molecule has 0 saturated heterocycles. The molecular weight excluding hydrogens is 699 g/mol. The van der Waals surface area contributed by atoms with Crippen LogP contribution >= 0.6 is 0 Å². The van der Waals surface area contributed by atoms with Gasteiger partial charge in [-0.1, -0.05) is 200 Å². The van der Waals surface area contributed by atoms with E-state index in [9.17, 15) is 0 Å². The van der Waals surface area contributed by atoms with Gasteiger partial charge in [-0.25, -0.2) is 0 Å². The van der Waals surface area contributed by atoms with Crippen LogP contribution in [0.3, 0.4) is 0 Å². The summed E-state index contributed by atoms with van der Waals surface area (Å²) in [5, 5.41) is 2.44. The van der Waals surface area contributed by atoms with E-state index in [0.29, 0.717) is 5.56 Å². The average Bonchev–Trinajstić information content (AvgIpc) is 3.68. The van der Waals surface area contributed by atoms with E-state index in [1.54, 1.807) is 0 Å². The summed E-state index contributed by atoms with van der Waals surface area (Å²) in [4.78, 5) is 0. The number of nitrogens with zero attached hydrogens (tertiary/aromatic N) is 1. The van der Waals surface area contributed by atoms with Crippen molar-refractivity contribution >= 4 is 21.8 Å². The molecule has 1 heterocycles. The average molecular weight is 743 g/mol. The van der Waals surface area contributed by atoms with Gasteiger partial charge in [0, 0.05) is 22.6 Å². The summed E-state index contributed by atoms with van der Waals surface area (Å²) in [7, 11) is 0. The smallest absolute Gasteiger partial charge is 0.0704 e. The Morgan fingerprint density at radius 3 is 1.59 bits per heavy atom. The van der Waals surface area contributed by atoms with Crippen LogP contribution in [-0.4, -0.2) is 4.57 Å². The van der Waals surface area contributed by atoms with Crippen molar-refractivity contribution in [2.45, 2.75) is 17.3 Å². The third kappa shape index (κ3) is 4.59. The molecule has 0 spiro atoms. The first-order chi connectivity index (χ1) is 30.9. The fourth-order valence-electron chi connectivity index (χ4n) is 10.6. The topological polar surface area (TPSA) is 4.93 Å². The van der Waals surface area contributed by atoms with E-state index in [1.165, 1.54) is 60.9 Å². The number of benzene rings is 9. The molecule has 2 unspecified atom stereocenters. The number of hydrogen-bond donors (Lipinski definition) is 0. The Balaban J connectivity index is 1.20. The van der Waals surface area contributed by atoms with Crippen LogP contribution < -0.4 is 0 Å². The van der Waals surface area contributed by atoms with Gasteiger partial charge in [-0.3, -0.25) is 0 Å². The number of fused-ring (bicyclic) bond motifs is 3. The first-order valence-electron chi connectivity index (χ1n) is 22.5. The highest BCUT2D eigenvalue weighted by Crippen LogP contribution is 2.61. The lowest BCUT2D eigenvalue weighted by atomic mass is 9.55. The molecule has 13 rings (SSSR count). The molecule has 0 N–H and O–H groups in total. The van der Waals surface area contributed by atoms with Crippen molar-refractivity contribution in [1.29, 1.82) is 0 Å². The minimum atomic E-state index is -0.911. The SMILES string of the molecule is [2H]c1c([2H])c([2H])c(-c2cccc(C(c3ccccc3)(c3ccccc3)c3cccc4c3C3c5ccccc5C4c4cccc(-n5c6ccccc6c6ccccc65)c43)c2)c([2H])c1[2H]. The lowest BCUT2D eigenvalue weighted by molar-refractivity contribution is 0.685. The van der Waals surface area contributed by atoms with Gasteiger partial charge in [-0.05, 0) is 91.0 Å². The molecule has 0 fully saturated rings. The van der Waals surface area contributed by atoms with Crippen LogP contribution in [-0.2, 0) is 5.41 Å². The lowest BCUT2D eigenvalue weighted by Gasteiger charge is -2.47. The summed E-state index contributed by atoms with van der Waals surface area (Å²) in [5.74, 6) is -0.162. The Kier molecular flexibility index (Phi) is 6.28. The summed E-state index contributed by atoms with van der Waals surface area (Å²) in [6, 6.07) is 67.9. The van der Waals surface area contributed by atoms with Crippen LogP contribution in [0.5, 0.6) is 0 Å². The van der Waals surface area contributed by atoms with Crippen LogP contribution in [0.15, 0.2) is 224 Å². The molecule has 9 aromatic carbocycles. The molecule has 0 aliphatic heterocycles. The van der Waals surface area contributed by atoms with Crippen LogP contribution in [0.1, 0.15) is 74.3 Å². The van der Waals surface area contributed by atoms with E-state index in [-0.39, 0.29) is 41.6 Å². The predicted octanol–water partition coefficient (Wildman–Crippen LogP) is 13.8. The first-order valence-corrected chi connectivity index (χ1v) is 20.0. The molecule has 58 heavy (non-hydrogen) atoms. The molecule has 10 aromatic rings. The van der Waals surface area contributed by atoms with E-state index < -0.39 is 11.5 Å². The second kappa shape index (κ2) is 12.9. The van der Waals surface area contributed by atoms with Crippen molar-refractivity contribution in [2.24, 2.45) is 0 Å². The fourth-order valence-corrected chi connectivity index (χ4v) is 10.6. The third-order valence-corrected chi connectivity index (χ3v) is 12.8. The zero-order valence-electron chi connectivity index (χ0n) is 36.6. The highest BCUT2D eigenvalue weighted by atomic mass is 15.0. The summed E-state index contributed by atoms with van der Waals surface area (Å²) < 4.78 is 46.0. The molecular formula is C57H39N. The maximum absolute atomic E-state index is 9.02. The summed E-state index contributed by atoms with van der Waals surface area (Å²) in [5.41, 5.74) is 15.3. The number of aromatic nitrogens is 1.